The highest BCUT2D eigenvalue weighted by Gasteiger charge is 2.23. The van der Waals surface area contributed by atoms with Crippen molar-refractivity contribution in [1.82, 2.24) is 4.90 Å². The van der Waals surface area contributed by atoms with Crippen LogP contribution in [-0.4, -0.2) is 35.0 Å². The SMILES string of the molecule is CCCCCC(C(=O)O)N(C)C(C)=O. The van der Waals surface area contributed by atoms with Gasteiger partial charge in [-0.3, -0.25) is 4.79 Å². The maximum Gasteiger partial charge on any atom is 0.326 e. The van der Waals surface area contributed by atoms with Crippen LogP contribution in [0.15, 0.2) is 0 Å². The number of hydrogen-bond donors (Lipinski definition) is 1. The quantitative estimate of drug-likeness (QED) is 0.662. The highest BCUT2D eigenvalue weighted by Crippen LogP contribution is 2.09. The number of rotatable bonds is 6. The van der Waals surface area contributed by atoms with Gasteiger partial charge in [0.05, 0.1) is 0 Å². The van der Waals surface area contributed by atoms with Crippen LogP contribution in [0.2, 0.25) is 0 Å². The maximum atomic E-state index is 11.0. The van der Waals surface area contributed by atoms with Gasteiger partial charge in [0.2, 0.25) is 5.91 Å². The fraction of sp³-hybridized carbons (Fsp3) is 0.800. The van der Waals surface area contributed by atoms with Gasteiger partial charge in [-0.05, 0) is 6.42 Å². The van der Waals surface area contributed by atoms with Crippen LogP contribution in [0.25, 0.3) is 0 Å². The van der Waals surface area contributed by atoms with E-state index < -0.39 is 12.0 Å². The predicted molar refractivity (Wildman–Crippen MR) is 54.0 cm³/mol. The molecule has 0 aliphatic rings. The van der Waals surface area contributed by atoms with E-state index in [1.54, 1.807) is 0 Å². The van der Waals surface area contributed by atoms with Crippen LogP contribution in [-0.2, 0) is 9.59 Å². The Kier molecular flexibility index (Phi) is 5.92. The van der Waals surface area contributed by atoms with Crippen molar-refractivity contribution in [2.24, 2.45) is 0 Å². The van der Waals surface area contributed by atoms with Gasteiger partial charge in [-0.1, -0.05) is 26.2 Å². The van der Waals surface area contributed by atoms with E-state index in [0.717, 1.165) is 19.3 Å². The first-order valence-corrected chi connectivity index (χ1v) is 4.96. The fourth-order valence-corrected chi connectivity index (χ4v) is 1.29. The summed E-state index contributed by atoms with van der Waals surface area (Å²) in [6.07, 6.45) is 3.45. The molecule has 1 amide bonds. The molecule has 0 aliphatic heterocycles. The molecule has 4 nitrogen and oxygen atoms in total. The minimum atomic E-state index is -0.918. The Hall–Kier alpha value is -1.06. The normalized spacial score (nSPS) is 12.2. The predicted octanol–water partition coefficient (Wildman–Crippen LogP) is 1.50. The number of carboxylic acid groups (broad SMARTS) is 1. The zero-order chi connectivity index (χ0) is 11.1. The number of carbonyl (C=O) groups is 2. The zero-order valence-corrected chi connectivity index (χ0v) is 9.12. The van der Waals surface area contributed by atoms with Gasteiger partial charge in [-0.2, -0.15) is 0 Å². The first-order chi connectivity index (χ1) is 6.50. The molecular formula is C10H19NO3. The molecule has 82 valence electrons. The smallest absolute Gasteiger partial charge is 0.326 e. The summed E-state index contributed by atoms with van der Waals surface area (Å²) in [7, 11) is 1.53. The number of aliphatic carboxylic acids is 1. The van der Waals surface area contributed by atoms with Crippen molar-refractivity contribution >= 4 is 11.9 Å². The molecule has 0 bridgehead atoms. The van der Waals surface area contributed by atoms with E-state index in [2.05, 4.69) is 6.92 Å². The van der Waals surface area contributed by atoms with Gasteiger partial charge in [0, 0.05) is 14.0 Å². The molecule has 1 unspecified atom stereocenters. The minimum Gasteiger partial charge on any atom is -0.480 e. The van der Waals surface area contributed by atoms with Crippen LogP contribution in [0.1, 0.15) is 39.5 Å². The summed E-state index contributed by atoms with van der Waals surface area (Å²) in [6.45, 7) is 3.44. The van der Waals surface area contributed by atoms with Crippen LogP contribution < -0.4 is 0 Å². The molecule has 0 saturated carbocycles. The van der Waals surface area contributed by atoms with Crippen molar-refractivity contribution in [1.29, 1.82) is 0 Å². The number of carbonyl (C=O) groups excluding carboxylic acids is 1. The lowest BCUT2D eigenvalue weighted by atomic mass is 10.1. The lowest BCUT2D eigenvalue weighted by molar-refractivity contribution is -0.148. The topological polar surface area (TPSA) is 57.6 Å². The second kappa shape index (κ2) is 6.40. The Bertz CT molecular complexity index is 204. The van der Waals surface area contributed by atoms with Crippen LogP contribution in [0, 0.1) is 0 Å². The third kappa shape index (κ3) is 4.25. The van der Waals surface area contributed by atoms with E-state index in [0.29, 0.717) is 6.42 Å². The average molecular weight is 201 g/mol. The average Bonchev–Trinajstić information content (AvgIpc) is 2.10. The summed E-state index contributed by atoms with van der Waals surface area (Å²) in [5.41, 5.74) is 0. The van der Waals surface area contributed by atoms with Gasteiger partial charge in [0.15, 0.2) is 0 Å². The summed E-state index contributed by atoms with van der Waals surface area (Å²) in [5, 5.41) is 8.90. The molecule has 0 heterocycles. The van der Waals surface area contributed by atoms with Gasteiger partial charge in [-0.15, -0.1) is 0 Å². The Balaban J connectivity index is 4.15. The first kappa shape index (κ1) is 12.9. The van der Waals surface area contributed by atoms with Crippen molar-refractivity contribution in [3.8, 4) is 0 Å². The highest BCUT2D eigenvalue weighted by molar-refractivity contribution is 5.81. The van der Waals surface area contributed by atoms with Crippen molar-refractivity contribution in [2.45, 2.75) is 45.6 Å². The molecule has 0 fully saturated rings. The Labute approximate surface area is 84.9 Å². The first-order valence-electron chi connectivity index (χ1n) is 4.96. The third-order valence-corrected chi connectivity index (χ3v) is 2.33. The molecular weight excluding hydrogens is 182 g/mol. The second-order valence-electron chi connectivity index (χ2n) is 3.48. The number of carboxylic acids is 1. The summed E-state index contributed by atoms with van der Waals surface area (Å²) in [4.78, 5) is 23.1. The van der Waals surface area contributed by atoms with Gasteiger partial charge in [-0.25, -0.2) is 4.79 Å². The van der Waals surface area contributed by atoms with Gasteiger partial charge in [0.1, 0.15) is 6.04 Å². The van der Waals surface area contributed by atoms with Crippen molar-refractivity contribution < 1.29 is 14.7 Å². The van der Waals surface area contributed by atoms with Crippen molar-refractivity contribution in [3.05, 3.63) is 0 Å². The molecule has 0 aromatic heterocycles. The molecule has 0 aromatic rings. The lowest BCUT2D eigenvalue weighted by Gasteiger charge is -2.23. The number of amides is 1. The zero-order valence-electron chi connectivity index (χ0n) is 9.12. The third-order valence-electron chi connectivity index (χ3n) is 2.33. The molecule has 0 rings (SSSR count). The van der Waals surface area contributed by atoms with E-state index >= 15 is 0 Å². The maximum absolute atomic E-state index is 11.0. The number of hydrogen-bond acceptors (Lipinski definition) is 2. The van der Waals surface area contributed by atoms with Crippen LogP contribution in [0.5, 0.6) is 0 Å². The molecule has 1 atom stereocenters. The molecule has 0 aromatic carbocycles. The summed E-state index contributed by atoms with van der Waals surface area (Å²) < 4.78 is 0. The number of unbranched alkanes of at least 4 members (excludes halogenated alkanes) is 2. The number of nitrogens with zero attached hydrogens (tertiary/aromatic N) is 1. The second-order valence-corrected chi connectivity index (χ2v) is 3.48. The van der Waals surface area contributed by atoms with Crippen LogP contribution in [0.3, 0.4) is 0 Å². The highest BCUT2D eigenvalue weighted by atomic mass is 16.4. The van der Waals surface area contributed by atoms with Crippen molar-refractivity contribution in [3.63, 3.8) is 0 Å². The van der Waals surface area contributed by atoms with E-state index in [4.69, 9.17) is 5.11 Å². The van der Waals surface area contributed by atoms with Gasteiger partial charge < -0.3 is 10.0 Å². The molecule has 0 radical (unpaired) electrons. The molecule has 1 N–H and O–H groups in total. The molecule has 0 spiro atoms. The van der Waals surface area contributed by atoms with Crippen molar-refractivity contribution in [2.75, 3.05) is 7.05 Å². The molecule has 4 heteroatoms. The summed E-state index contributed by atoms with van der Waals surface area (Å²) in [5.74, 6) is -1.12. The fourth-order valence-electron chi connectivity index (χ4n) is 1.29. The Morgan fingerprint density at radius 3 is 2.29 bits per heavy atom. The van der Waals surface area contributed by atoms with Gasteiger partial charge >= 0.3 is 5.97 Å². The Morgan fingerprint density at radius 2 is 1.93 bits per heavy atom. The summed E-state index contributed by atoms with van der Waals surface area (Å²) in [6, 6.07) is -0.668. The van der Waals surface area contributed by atoms with E-state index in [9.17, 15) is 9.59 Å². The lowest BCUT2D eigenvalue weighted by Crippen LogP contribution is -2.41. The summed E-state index contributed by atoms with van der Waals surface area (Å²) >= 11 is 0. The van der Waals surface area contributed by atoms with E-state index in [1.165, 1.54) is 18.9 Å². The molecule has 14 heavy (non-hydrogen) atoms. The number of likely N-dealkylation sites (N-methyl/N-ethyl adjacent to an activating group) is 1. The Morgan fingerprint density at radius 1 is 1.36 bits per heavy atom. The van der Waals surface area contributed by atoms with Gasteiger partial charge in [0.25, 0.3) is 0 Å². The van der Waals surface area contributed by atoms with Crippen LogP contribution >= 0.6 is 0 Å². The monoisotopic (exact) mass is 201 g/mol. The molecule has 0 saturated heterocycles. The van der Waals surface area contributed by atoms with E-state index in [-0.39, 0.29) is 5.91 Å². The van der Waals surface area contributed by atoms with E-state index in [1.807, 2.05) is 0 Å². The molecule has 0 aliphatic carbocycles. The van der Waals surface area contributed by atoms with Crippen LogP contribution in [0.4, 0.5) is 0 Å². The minimum absolute atomic E-state index is 0.200. The standard InChI is InChI=1S/C10H19NO3/c1-4-5-6-7-9(10(13)14)11(3)8(2)12/h9H,4-7H2,1-3H3,(H,13,14). The largest absolute Gasteiger partial charge is 0.480 e.